The largest absolute Gasteiger partial charge is 0.319 e. The van der Waals surface area contributed by atoms with E-state index in [2.05, 4.69) is 27.4 Å². The summed E-state index contributed by atoms with van der Waals surface area (Å²) in [6, 6.07) is 7.79. The fraction of sp³-hybridized carbons (Fsp3) is 0.357. The molecule has 2 aromatic rings. The maximum atomic E-state index is 12.0. The van der Waals surface area contributed by atoms with Crippen molar-refractivity contribution < 1.29 is 4.79 Å². The van der Waals surface area contributed by atoms with Crippen LogP contribution in [0.2, 0.25) is 0 Å². The van der Waals surface area contributed by atoms with Crippen molar-refractivity contribution in [2.75, 3.05) is 5.32 Å². The van der Waals surface area contributed by atoms with Crippen LogP contribution in [0.4, 0.5) is 5.69 Å². The highest BCUT2D eigenvalue weighted by Crippen LogP contribution is 2.37. The quantitative estimate of drug-likeness (QED) is 0.882. The Morgan fingerprint density at radius 3 is 2.74 bits per heavy atom. The standard InChI is InChI=1S/C14H16N4O/c1-2-9-3-7-11(8-4-9)15-14(19)13-16-12(17-18-13)10-5-6-10/h3-4,7-8,10H,2,5-6H2,1H3,(H,15,19)(H,16,17,18). The van der Waals surface area contributed by atoms with Crippen molar-refractivity contribution in [2.24, 2.45) is 0 Å². The number of carbonyl (C=O) groups is 1. The van der Waals surface area contributed by atoms with Crippen LogP contribution >= 0.6 is 0 Å². The van der Waals surface area contributed by atoms with Gasteiger partial charge in [-0.2, -0.15) is 0 Å². The molecule has 0 bridgehead atoms. The Balaban J connectivity index is 1.68. The van der Waals surface area contributed by atoms with Crippen LogP contribution in [0.3, 0.4) is 0 Å². The summed E-state index contributed by atoms with van der Waals surface area (Å²) in [6.45, 7) is 2.10. The van der Waals surface area contributed by atoms with Crippen molar-refractivity contribution in [3.05, 3.63) is 41.5 Å². The third-order valence-electron chi connectivity index (χ3n) is 3.29. The number of amides is 1. The van der Waals surface area contributed by atoms with Crippen molar-refractivity contribution in [1.29, 1.82) is 0 Å². The molecule has 1 amide bonds. The Morgan fingerprint density at radius 2 is 2.11 bits per heavy atom. The van der Waals surface area contributed by atoms with E-state index in [9.17, 15) is 4.79 Å². The second kappa shape index (κ2) is 4.84. The predicted molar refractivity (Wildman–Crippen MR) is 72.1 cm³/mol. The number of aromatic amines is 1. The molecule has 1 aliphatic carbocycles. The zero-order valence-corrected chi connectivity index (χ0v) is 10.8. The van der Waals surface area contributed by atoms with Gasteiger partial charge in [0.05, 0.1) is 0 Å². The molecule has 0 saturated heterocycles. The molecule has 0 spiro atoms. The predicted octanol–water partition coefficient (Wildman–Crippen LogP) is 2.50. The highest BCUT2D eigenvalue weighted by molar-refractivity contribution is 6.01. The van der Waals surface area contributed by atoms with Gasteiger partial charge < -0.3 is 5.32 Å². The van der Waals surface area contributed by atoms with E-state index in [0.29, 0.717) is 5.92 Å². The number of rotatable bonds is 4. The number of carbonyl (C=O) groups excluding carboxylic acids is 1. The minimum Gasteiger partial charge on any atom is -0.319 e. The first-order chi connectivity index (χ1) is 9.26. The molecule has 0 unspecified atom stereocenters. The molecule has 1 heterocycles. The Morgan fingerprint density at radius 1 is 1.37 bits per heavy atom. The van der Waals surface area contributed by atoms with Gasteiger partial charge in [0.15, 0.2) is 0 Å². The molecule has 2 N–H and O–H groups in total. The highest BCUT2D eigenvalue weighted by atomic mass is 16.2. The third-order valence-corrected chi connectivity index (χ3v) is 3.29. The van der Waals surface area contributed by atoms with Crippen LogP contribution in [0.25, 0.3) is 0 Å². The van der Waals surface area contributed by atoms with Crippen molar-refractivity contribution in [2.45, 2.75) is 32.1 Å². The summed E-state index contributed by atoms with van der Waals surface area (Å²) >= 11 is 0. The van der Waals surface area contributed by atoms with Crippen molar-refractivity contribution in [3.63, 3.8) is 0 Å². The number of nitrogens with one attached hydrogen (secondary N) is 2. The number of aryl methyl sites for hydroxylation is 1. The molecule has 0 atom stereocenters. The lowest BCUT2D eigenvalue weighted by Crippen LogP contribution is -2.13. The molecule has 19 heavy (non-hydrogen) atoms. The Hall–Kier alpha value is -2.17. The molecule has 0 radical (unpaired) electrons. The second-order valence-electron chi connectivity index (χ2n) is 4.82. The van der Waals surface area contributed by atoms with E-state index in [1.165, 1.54) is 5.56 Å². The van der Waals surface area contributed by atoms with Crippen LogP contribution in [0.1, 0.15) is 47.7 Å². The summed E-state index contributed by atoms with van der Waals surface area (Å²) in [5.74, 6) is 1.23. The summed E-state index contributed by atoms with van der Waals surface area (Å²) in [4.78, 5) is 16.2. The third kappa shape index (κ3) is 2.65. The van der Waals surface area contributed by atoms with E-state index in [1.807, 2.05) is 24.3 Å². The molecule has 1 fully saturated rings. The van der Waals surface area contributed by atoms with Crippen LogP contribution in [-0.2, 0) is 6.42 Å². The second-order valence-corrected chi connectivity index (χ2v) is 4.82. The Kier molecular flexibility index (Phi) is 3.03. The maximum Gasteiger partial charge on any atom is 0.295 e. The van der Waals surface area contributed by atoms with Gasteiger partial charge in [0.2, 0.25) is 5.82 Å². The number of H-pyrrole nitrogens is 1. The molecule has 3 rings (SSSR count). The van der Waals surface area contributed by atoms with Gasteiger partial charge in [-0.15, -0.1) is 5.10 Å². The maximum absolute atomic E-state index is 12.0. The average Bonchev–Trinajstić information content (AvgIpc) is 3.17. The summed E-state index contributed by atoms with van der Waals surface area (Å²) < 4.78 is 0. The molecular weight excluding hydrogens is 240 g/mol. The van der Waals surface area contributed by atoms with Gasteiger partial charge in [-0.25, -0.2) is 4.98 Å². The van der Waals surface area contributed by atoms with Gasteiger partial charge in [0.25, 0.3) is 5.91 Å². The van der Waals surface area contributed by atoms with E-state index >= 15 is 0 Å². The van der Waals surface area contributed by atoms with Gasteiger partial charge >= 0.3 is 0 Å². The molecule has 5 heteroatoms. The minimum atomic E-state index is -0.271. The lowest BCUT2D eigenvalue weighted by molar-refractivity contribution is 0.101. The molecular formula is C14H16N4O. The van der Waals surface area contributed by atoms with E-state index < -0.39 is 0 Å². The number of benzene rings is 1. The lowest BCUT2D eigenvalue weighted by atomic mass is 10.1. The van der Waals surface area contributed by atoms with Crippen LogP contribution in [-0.4, -0.2) is 21.1 Å². The highest BCUT2D eigenvalue weighted by Gasteiger charge is 2.28. The van der Waals surface area contributed by atoms with Crippen LogP contribution in [0, 0.1) is 0 Å². The topological polar surface area (TPSA) is 70.7 Å². The molecule has 5 nitrogen and oxygen atoms in total. The van der Waals surface area contributed by atoms with Gasteiger partial charge in [-0.05, 0) is 37.0 Å². The number of hydrogen-bond donors (Lipinski definition) is 2. The first kappa shape index (κ1) is 11.9. The number of aromatic nitrogens is 3. The first-order valence-corrected chi connectivity index (χ1v) is 6.59. The van der Waals surface area contributed by atoms with Crippen molar-refractivity contribution in [1.82, 2.24) is 15.2 Å². The van der Waals surface area contributed by atoms with E-state index in [1.54, 1.807) is 0 Å². The molecule has 1 aliphatic rings. The van der Waals surface area contributed by atoms with Gasteiger partial charge in [-0.3, -0.25) is 9.89 Å². The Bertz CT molecular complexity index is 584. The van der Waals surface area contributed by atoms with Crippen LogP contribution in [0.15, 0.2) is 24.3 Å². The monoisotopic (exact) mass is 256 g/mol. The zero-order chi connectivity index (χ0) is 13.2. The summed E-state index contributed by atoms with van der Waals surface area (Å²) in [5, 5.41) is 9.59. The first-order valence-electron chi connectivity index (χ1n) is 6.59. The van der Waals surface area contributed by atoms with E-state index in [-0.39, 0.29) is 11.7 Å². The molecule has 1 saturated carbocycles. The Labute approximate surface area is 111 Å². The normalized spacial score (nSPS) is 14.4. The lowest BCUT2D eigenvalue weighted by Gasteiger charge is -2.03. The fourth-order valence-corrected chi connectivity index (χ4v) is 1.93. The summed E-state index contributed by atoms with van der Waals surface area (Å²) in [6.07, 6.45) is 3.25. The fourth-order valence-electron chi connectivity index (χ4n) is 1.93. The van der Waals surface area contributed by atoms with Crippen molar-refractivity contribution in [3.8, 4) is 0 Å². The number of hydrogen-bond acceptors (Lipinski definition) is 3. The SMILES string of the molecule is CCc1ccc(NC(=O)c2n[nH]c(C3CC3)n2)cc1. The zero-order valence-electron chi connectivity index (χ0n) is 10.8. The molecule has 98 valence electrons. The molecule has 1 aromatic carbocycles. The van der Waals surface area contributed by atoms with Gasteiger partial charge in [-0.1, -0.05) is 19.1 Å². The summed E-state index contributed by atoms with van der Waals surface area (Å²) in [7, 11) is 0. The van der Waals surface area contributed by atoms with Crippen LogP contribution < -0.4 is 5.32 Å². The number of anilines is 1. The van der Waals surface area contributed by atoms with Crippen LogP contribution in [0.5, 0.6) is 0 Å². The molecule has 0 aliphatic heterocycles. The average molecular weight is 256 g/mol. The van der Waals surface area contributed by atoms with E-state index in [4.69, 9.17) is 0 Å². The molecule has 1 aromatic heterocycles. The van der Waals surface area contributed by atoms with Gasteiger partial charge in [0.1, 0.15) is 5.82 Å². The van der Waals surface area contributed by atoms with Gasteiger partial charge in [0, 0.05) is 11.6 Å². The smallest absolute Gasteiger partial charge is 0.295 e. The summed E-state index contributed by atoms with van der Waals surface area (Å²) in [5.41, 5.74) is 2.01. The minimum absolute atomic E-state index is 0.210. The van der Waals surface area contributed by atoms with E-state index in [0.717, 1.165) is 30.8 Å². The number of nitrogens with zero attached hydrogens (tertiary/aromatic N) is 2. The van der Waals surface area contributed by atoms with Crippen molar-refractivity contribution >= 4 is 11.6 Å².